The van der Waals surface area contributed by atoms with Gasteiger partial charge < -0.3 is 0 Å². The van der Waals surface area contributed by atoms with Crippen LogP contribution in [0.4, 0.5) is 5.69 Å². The summed E-state index contributed by atoms with van der Waals surface area (Å²) in [5.74, 6) is -0.164. The van der Waals surface area contributed by atoms with Crippen LogP contribution >= 0.6 is 0 Å². The summed E-state index contributed by atoms with van der Waals surface area (Å²) in [6, 6.07) is 11.5. The van der Waals surface area contributed by atoms with Crippen LogP contribution in [0.15, 0.2) is 47.4 Å². The van der Waals surface area contributed by atoms with Crippen LogP contribution in [-0.2, 0) is 16.4 Å². The van der Waals surface area contributed by atoms with Crippen molar-refractivity contribution >= 4 is 32.4 Å². The third-order valence-corrected chi connectivity index (χ3v) is 6.52. The molecule has 0 unspecified atom stereocenters. The Morgan fingerprint density at radius 2 is 1.81 bits per heavy atom. The highest BCUT2D eigenvalue weighted by molar-refractivity contribution is 7.90. The highest BCUT2D eigenvalue weighted by Crippen LogP contribution is 2.36. The molecule has 26 heavy (non-hydrogen) atoms. The monoisotopic (exact) mass is 364 g/mol. The molecule has 0 atom stereocenters. The van der Waals surface area contributed by atoms with Gasteiger partial charge in [-0.25, -0.2) is 17.2 Å². The molecule has 0 radical (unpaired) electrons. The summed E-state index contributed by atoms with van der Waals surface area (Å²) in [5, 5.41) is 0.678. The van der Waals surface area contributed by atoms with E-state index in [0.29, 0.717) is 35.9 Å². The minimum absolute atomic E-state index is 0.149. The van der Waals surface area contributed by atoms with E-state index in [1.54, 1.807) is 42.5 Å². The number of hydrogen-bond donors (Lipinski definition) is 0. The van der Waals surface area contributed by atoms with Crippen LogP contribution in [0.5, 0.6) is 0 Å². The van der Waals surface area contributed by atoms with Crippen molar-refractivity contribution in [1.29, 1.82) is 0 Å². The van der Waals surface area contributed by atoms with Crippen molar-refractivity contribution in [2.75, 3.05) is 0 Å². The predicted molar refractivity (Wildman–Crippen MR) is 99.2 cm³/mol. The number of carbonyl (C=O) groups excluding carboxylic acids is 1. The van der Waals surface area contributed by atoms with E-state index >= 15 is 0 Å². The average molecular weight is 364 g/mol. The van der Waals surface area contributed by atoms with E-state index in [0.717, 1.165) is 11.1 Å². The number of aryl methyl sites for hydroxylation is 2. The van der Waals surface area contributed by atoms with Crippen molar-refractivity contribution in [1.82, 2.24) is 3.97 Å². The summed E-state index contributed by atoms with van der Waals surface area (Å²) < 4.78 is 27.9. The van der Waals surface area contributed by atoms with Crippen LogP contribution in [0.3, 0.4) is 0 Å². The molecule has 1 aliphatic carbocycles. The molecule has 0 aliphatic heterocycles. The fourth-order valence-electron chi connectivity index (χ4n) is 3.53. The molecule has 0 saturated heterocycles. The fourth-order valence-corrected chi connectivity index (χ4v) is 5.09. The fraction of sp³-hybridized carbons (Fsp3) is 0.200. The van der Waals surface area contributed by atoms with Crippen LogP contribution in [0.1, 0.15) is 34.5 Å². The standard InChI is InChI=1S/C20H16N2O3S/c1-13-6-9-15(10-7-13)26(24,25)22-18-11-8-14(21-2)12-17(18)16-4-3-5-19(23)20(16)22/h6-12H,3-5H2,1H3. The topological polar surface area (TPSA) is 60.5 Å². The molecule has 0 fully saturated rings. The molecule has 0 spiro atoms. The number of rotatable bonds is 2. The SMILES string of the molecule is [C-]#[N+]c1ccc2c(c1)c1c(n2S(=O)(=O)c2ccc(C)cc2)C(=O)CCC1. The number of ketones is 1. The smallest absolute Gasteiger partial charge is 0.268 e. The van der Waals surface area contributed by atoms with Crippen molar-refractivity contribution in [3.63, 3.8) is 0 Å². The van der Waals surface area contributed by atoms with Crippen molar-refractivity contribution in [2.45, 2.75) is 31.1 Å². The number of aromatic nitrogens is 1. The first-order valence-electron chi connectivity index (χ1n) is 8.34. The number of nitrogens with zero attached hydrogens (tertiary/aromatic N) is 2. The van der Waals surface area contributed by atoms with Crippen molar-refractivity contribution in [2.24, 2.45) is 0 Å². The van der Waals surface area contributed by atoms with E-state index in [-0.39, 0.29) is 16.4 Å². The van der Waals surface area contributed by atoms with Crippen LogP contribution < -0.4 is 0 Å². The lowest BCUT2D eigenvalue weighted by atomic mass is 9.94. The minimum atomic E-state index is -3.91. The number of Topliss-reactive ketones (excluding diaryl/α,β-unsaturated/α-hetero) is 1. The van der Waals surface area contributed by atoms with Gasteiger partial charge in [0.25, 0.3) is 10.0 Å². The zero-order chi connectivity index (χ0) is 18.5. The summed E-state index contributed by atoms with van der Waals surface area (Å²) in [5.41, 5.74) is 2.83. The largest absolute Gasteiger partial charge is 0.292 e. The van der Waals surface area contributed by atoms with Gasteiger partial charge in [0.2, 0.25) is 0 Å². The molecule has 2 aromatic carbocycles. The number of fused-ring (bicyclic) bond motifs is 3. The van der Waals surface area contributed by atoms with Gasteiger partial charge in [0.05, 0.1) is 17.0 Å². The molecule has 6 heteroatoms. The Balaban J connectivity index is 2.09. The molecule has 0 bridgehead atoms. The minimum Gasteiger partial charge on any atom is -0.292 e. The maximum absolute atomic E-state index is 13.3. The van der Waals surface area contributed by atoms with Crippen molar-refractivity contribution in [3.05, 3.63) is 70.7 Å². The number of carbonyl (C=O) groups is 1. The Labute approximate surface area is 151 Å². The molecular formula is C20H16N2O3S. The zero-order valence-corrected chi connectivity index (χ0v) is 15.0. The predicted octanol–water partition coefficient (Wildman–Crippen LogP) is 4.26. The zero-order valence-electron chi connectivity index (χ0n) is 14.2. The molecule has 5 nitrogen and oxygen atoms in total. The first-order chi connectivity index (χ1) is 12.4. The highest BCUT2D eigenvalue weighted by Gasteiger charge is 2.32. The lowest BCUT2D eigenvalue weighted by molar-refractivity contribution is 0.0967. The molecule has 4 rings (SSSR count). The molecule has 0 amide bonds. The van der Waals surface area contributed by atoms with Crippen LogP contribution in [-0.4, -0.2) is 18.2 Å². The van der Waals surface area contributed by atoms with E-state index in [4.69, 9.17) is 6.57 Å². The quantitative estimate of drug-likeness (QED) is 0.639. The maximum Gasteiger partial charge on any atom is 0.268 e. The van der Waals surface area contributed by atoms with Gasteiger partial charge >= 0.3 is 0 Å². The second kappa shape index (κ2) is 5.82. The molecule has 1 aliphatic rings. The summed E-state index contributed by atoms with van der Waals surface area (Å²) in [6.07, 6.45) is 1.66. The normalized spacial score (nSPS) is 14.2. The molecule has 1 aromatic heterocycles. The first kappa shape index (κ1) is 16.6. The summed E-state index contributed by atoms with van der Waals surface area (Å²) >= 11 is 0. The lowest BCUT2D eigenvalue weighted by Crippen LogP contribution is -2.21. The van der Waals surface area contributed by atoms with Gasteiger partial charge in [-0.2, -0.15) is 0 Å². The van der Waals surface area contributed by atoms with E-state index in [2.05, 4.69) is 4.85 Å². The Bertz CT molecular complexity index is 1200. The third-order valence-electron chi connectivity index (χ3n) is 4.80. The maximum atomic E-state index is 13.3. The molecule has 1 heterocycles. The Kier molecular flexibility index (Phi) is 3.70. The van der Waals surface area contributed by atoms with E-state index in [1.165, 1.54) is 3.97 Å². The number of hydrogen-bond acceptors (Lipinski definition) is 3. The van der Waals surface area contributed by atoms with Gasteiger partial charge in [0, 0.05) is 6.42 Å². The first-order valence-corrected chi connectivity index (χ1v) is 9.78. The second-order valence-corrected chi connectivity index (χ2v) is 8.29. The van der Waals surface area contributed by atoms with Gasteiger partial charge in [-0.15, -0.1) is 0 Å². The van der Waals surface area contributed by atoms with Crippen LogP contribution in [0.25, 0.3) is 15.7 Å². The molecule has 3 aromatic rings. The van der Waals surface area contributed by atoms with Gasteiger partial charge in [-0.1, -0.05) is 23.8 Å². The van der Waals surface area contributed by atoms with Gasteiger partial charge in [0.1, 0.15) is 5.69 Å². The second-order valence-electron chi connectivity index (χ2n) is 6.50. The lowest BCUT2D eigenvalue weighted by Gasteiger charge is -2.15. The van der Waals surface area contributed by atoms with E-state index < -0.39 is 10.0 Å². The van der Waals surface area contributed by atoms with Crippen LogP contribution in [0, 0.1) is 13.5 Å². The Hall–Kier alpha value is -2.91. The Morgan fingerprint density at radius 3 is 2.50 bits per heavy atom. The molecule has 130 valence electrons. The van der Waals surface area contributed by atoms with Gasteiger partial charge in [-0.3, -0.25) is 4.79 Å². The Morgan fingerprint density at radius 1 is 1.08 bits per heavy atom. The summed E-state index contributed by atoms with van der Waals surface area (Å²) in [4.78, 5) is 16.2. The molecular weight excluding hydrogens is 348 g/mol. The van der Waals surface area contributed by atoms with Crippen LogP contribution in [0.2, 0.25) is 0 Å². The van der Waals surface area contributed by atoms with E-state index in [1.807, 2.05) is 6.92 Å². The molecule has 0 N–H and O–H groups in total. The van der Waals surface area contributed by atoms with Gasteiger partial charge in [-0.05, 0) is 55.0 Å². The summed E-state index contributed by atoms with van der Waals surface area (Å²) in [7, 11) is -3.91. The third kappa shape index (κ3) is 2.36. The van der Waals surface area contributed by atoms with Crippen molar-refractivity contribution < 1.29 is 13.2 Å². The average Bonchev–Trinajstić information content (AvgIpc) is 2.98. The molecule has 0 saturated carbocycles. The van der Waals surface area contributed by atoms with E-state index in [9.17, 15) is 13.2 Å². The highest BCUT2D eigenvalue weighted by atomic mass is 32.2. The number of benzene rings is 2. The van der Waals surface area contributed by atoms with Crippen molar-refractivity contribution in [3.8, 4) is 0 Å². The van der Waals surface area contributed by atoms with Gasteiger partial charge in [0.15, 0.2) is 11.5 Å². The summed E-state index contributed by atoms with van der Waals surface area (Å²) in [6.45, 7) is 9.10.